The van der Waals surface area contributed by atoms with Crippen LogP contribution in [0.5, 0.6) is 5.75 Å². The number of allylic oxidation sites excluding steroid dienone is 1. The number of nitrogens with one attached hydrogen (secondary N) is 1. The third kappa shape index (κ3) is 4.79. The molecule has 5 N–H and O–H groups in total. The molecule has 1 saturated heterocycles. The Labute approximate surface area is 179 Å². The van der Waals surface area contributed by atoms with Crippen molar-refractivity contribution in [1.82, 2.24) is 15.2 Å². The maximum absolute atomic E-state index is 13.2. The van der Waals surface area contributed by atoms with Crippen LogP contribution in [0.2, 0.25) is 5.02 Å². The van der Waals surface area contributed by atoms with Crippen molar-refractivity contribution in [3.63, 3.8) is 0 Å². The molecule has 1 aromatic rings. The van der Waals surface area contributed by atoms with Crippen LogP contribution in [-0.2, 0) is 11.2 Å². The number of likely N-dealkylation sites (tertiary alicyclic amines) is 1. The van der Waals surface area contributed by atoms with Crippen LogP contribution in [0.1, 0.15) is 30.5 Å². The number of amides is 1. The lowest BCUT2D eigenvalue weighted by molar-refractivity contribution is -0.128. The van der Waals surface area contributed by atoms with Gasteiger partial charge in [-0.3, -0.25) is 4.79 Å². The van der Waals surface area contributed by atoms with Crippen molar-refractivity contribution < 1.29 is 18.3 Å². The molecular weight excluding hydrogens is 416 g/mol. The van der Waals surface area contributed by atoms with E-state index in [1.165, 1.54) is 7.05 Å². The van der Waals surface area contributed by atoms with Crippen molar-refractivity contribution in [1.29, 1.82) is 0 Å². The summed E-state index contributed by atoms with van der Waals surface area (Å²) in [6.45, 7) is 3.72. The summed E-state index contributed by atoms with van der Waals surface area (Å²) in [5.74, 6) is 6.42. The second-order valence-electron chi connectivity index (χ2n) is 7.91. The van der Waals surface area contributed by atoms with E-state index in [1.807, 2.05) is 4.90 Å². The first kappa shape index (κ1) is 22.6. The normalized spacial score (nSPS) is 22.2. The van der Waals surface area contributed by atoms with Crippen LogP contribution in [-0.4, -0.2) is 55.5 Å². The quantitative estimate of drug-likeness (QED) is 0.440. The van der Waals surface area contributed by atoms with E-state index in [0.717, 1.165) is 16.1 Å². The average molecular weight is 444 g/mol. The second kappa shape index (κ2) is 9.36. The monoisotopic (exact) mass is 443 g/mol. The van der Waals surface area contributed by atoms with Crippen LogP contribution < -0.4 is 21.6 Å². The number of rotatable bonds is 7. The van der Waals surface area contributed by atoms with Crippen molar-refractivity contribution in [3.8, 4) is 5.75 Å². The Morgan fingerprint density at radius 3 is 2.80 bits per heavy atom. The molecule has 7 nitrogen and oxygen atoms in total. The molecule has 30 heavy (non-hydrogen) atoms. The summed E-state index contributed by atoms with van der Waals surface area (Å²) in [6.07, 6.45) is -1.57. The third-order valence-electron chi connectivity index (χ3n) is 5.48. The molecule has 0 aliphatic carbocycles. The Morgan fingerprint density at radius 1 is 1.47 bits per heavy atom. The van der Waals surface area contributed by atoms with Crippen molar-refractivity contribution in [2.45, 2.75) is 32.2 Å². The fourth-order valence-corrected chi connectivity index (χ4v) is 4.38. The fourth-order valence-electron chi connectivity index (χ4n) is 4.12. The molecule has 166 valence electrons. The number of carbonyl (C=O) groups is 1. The average Bonchev–Trinajstić information content (AvgIpc) is 2.98. The summed E-state index contributed by atoms with van der Waals surface area (Å²) in [6, 6.07) is 3.26. The largest absolute Gasteiger partial charge is 0.487 e. The smallest absolute Gasteiger partial charge is 0.281 e. The van der Waals surface area contributed by atoms with Crippen LogP contribution >= 0.6 is 11.6 Å². The Hall–Kier alpha value is -2.10. The number of alkyl halides is 2. The summed E-state index contributed by atoms with van der Waals surface area (Å²) in [5, 5.41) is 4.84. The van der Waals surface area contributed by atoms with Gasteiger partial charge in [0.25, 0.3) is 6.43 Å². The van der Waals surface area contributed by atoms with Gasteiger partial charge in [0.05, 0.1) is 11.7 Å². The lowest BCUT2D eigenvalue weighted by Crippen LogP contribution is -2.40. The van der Waals surface area contributed by atoms with Crippen LogP contribution in [0.3, 0.4) is 0 Å². The molecule has 2 aliphatic rings. The first-order valence-electron chi connectivity index (χ1n) is 9.89. The molecule has 2 heterocycles. The first-order valence-corrected chi connectivity index (χ1v) is 10.3. The Bertz CT molecular complexity index is 824. The Kier molecular flexibility index (Phi) is 7.05. The van der Waals surface area contributed by atoms with Gasteiger partial charge in [0.1, 0.15) is 18.1 Å². The zero-order valence-corrected chi connectivity index (χ0v) is 17.9. The third-order valence-corrected chi connectivity index (χ3v) is 5.84. The van der Waals surface area contributed by atoms with Gasteiger partial charge in [-0.1, -0.05) is 18.5 Å². The Morgan fingerprint density at radius 2 is 2.20 bits per heavy atom. The van der Waals surface area contributed by atoms with Crippen molar-refractivity contribution >= 4 is 17.5 Å². The van der Waals surface area contributed by atoms with Gasteiger partial charge in [-0.25, -0.2) is 14.6 Å². The lowest BCUT2D eigenvalue weighted by atomic mass is 9.92. The highest BCUT2D eigenvalue weighted by Crippen LogP contribution is 2.37. The minimum absolute atomic E-state index is 0.126. The zero-order valence-electron chi connectivity index (χ0n) is 17.1. The maximum Gasteiger partial charge on any atom is 0.281 e. The molecule has 2 atom stereocenters. The van der Waals surface area contributed by atoms with Crippen LogP contribution in [0.15, 0.2) is 23.5 Å². The van der Waals surface area contributed by atoms with Gasteiger partial charge >= 0.3 is 0 Å². The van der Waals surface area contributed by atoms with Crippen molar-refractivity contribution in [2.24, 2.45) is 17.5 Å². The molecule has 0 saturated carbocycles. The SMILES string of the molecule is C[C@@H]1CC(=O)N(C[C@H]2NCCc3c(Cl)ccc(OC/C(N)=C(\C(F)F)N(C)N)c32)C1. The van der Waals surface area contributed by atoms with Crippen LogP contribution in [0.25, 0.3) is 0 Å². The molecule has 10 heteroatoms. The van der Waals surface area contributed by atoms with E-state index in [1.54, 1.807) is 12.1 Å². The maximum atomic E-state index is 13.2. The summed E-state index contributed by atoms with van der Waals surface area (Å²) in [7, 11) is 1.30. The molecule has 2 aliphatic heterocycles. The molecule has 0 aromatic heterocycles. The molecule has 1 aromatic carbocycles. The number of ether oxygens (including phenoxy) is 1. The van der Waals surface area contributed by atoms with E-state index in [-0.39, 0.29) is 24.3 Å². The minimum atomic E-state index is -2.82. The van der Waals surface area contributed by atoms with Gasteiger partial charge in [0, 0.05) is 37.1 Å². The molecular formula is C20H28ClF2N5O2. The number of halogens is 3. The minimum Gasteiger partial charge on any atom is -0.487 e. The van der Waals surface area contributed by atoms with Gasteiger partial charge in [-0.2, -0.15) is 0 Å². The standard InChI is InChI=1S/C20H28ClF2N5O2/c1-11-7-17(29)28(8-11)9-15-18-12(5-6-26-15)13(21)3-4-16(18)30-10-14(24)19(20(22)23)27(2)25/h3-4,11,15,20,26H,5-10,24-25H2,1-2H3/b19-14-/t11-,15-/m1/s1. The molecule has 1 fully saturated rings. The van der Waals surface area contributed by atoms with Crippen LogP contribution in [0, 0.1) is 5.92 Å². The number of hydrazine groups is 1. The van der Waals surface area contributed by atoms with Gasteiger partial charge in [-0.05, 0) is 36.6 Å². The number of nitrogens with zero attached hydrogens (tertiary/aromatic N) is 2. The first-order chi connectivity index (χ1) is 14.2. The van der Waals surface area contributed by atoms with Gasteiger partial charge < -0.3 is 25.7 Å². The van der Waals surface area contributed by atoms with Crippen molar-refractivity contribution in [2.75, 3.05) is 33.3 Å². The molecule has 3 rings (SSSR count). The second-order valence-corrected chi connectivity index (χ2v) is 8.32. The molecule has 0 unspecified atom stereocenters. The molecule has 0 bridgehead atoms. The predicted molar refractivity (Wildman–Crippen MR) is 111 cm³/mol. The highest BCUT2D eigenvalue weighted by molar-refractivity contribution is 6.31. The highest BCUT2D eigenvalue weighted by Gasteiger charge is 2.32. The van der Waals surface area contributed by atoms with Gasteiger partial charge in [0.15, 0.2) is 0 Å². The predicted octanol–water partition coefficient (Wildman–Crippen LogP) is 2.01. The van der Waals surface area contributed by atoms with Gasteiger partial charge in [-0.15, -0.1) is 0 Å². The summed E-state index contributed by atoms with van der Waals surface area (Å²) >= 11 is 6.42. The van der Waals surface area contributed by atoms with E-state index < -0.39 is 12.1 Å². The molecule has 0 spiro atoms. The molecule has 1 amide bonds. The van der Waals surface area contributed by atoms with E-state index in [9.17, 15) is 13.6 Å². The number of carbonyl (C=O) groups excluding carboxylic acids is 1. The topological polar surface area (TPSA) is 96.8 Å². The zero-order chi connectivity index (χ0) is 22.0. The van der Waals surface area contributed by atoms with Crippen molar-refractivity contribution in [3.05, 3.63) is 39.7 Å². The molecule has 0 radical (unpaired) electrons. The van der Waals surface area contributed by atoms with E-state index >= 15 is 0 Å². The van der Waals surface area contributed by atoms with Gasteiger partial charge in [0.2, 0.25) is 5.91 Å². The lowest BCUT2D eigenvalue weighted by Gasteiger charge is -2.32. The van der Waals surface area contributed by atoms with E-state index in [4.69, 9.17) is 27.9 Å². The highest BCUT2D eigenvalue weighted by atomic mass is 35.5. The Balaban J connectivity index is 1.86. The van der Waals surface area contributed by atoms with E-state index in [2.05, 4.69) is 12.2 Å². The fraction of sp³-hybridized carbons (Fsp3) is 0.550. The summed E-state index contributed by atoms with van der Waals surface area (Å²) in [5.41, 5.74) is 6.98. The summed E-state index contributed by atoms with van der Waals surface area (Å²) < 4.78 is 32.3. The number of fused-ring (bicyclic) bond motifs is 1. The van der Waals surface area contributed by atoms with Crippen LogP contribution in [0.4, 0.5) is 8.78 Å². The number of benzene rings is 1. The number of nitrogens with two attached hydrogens (primary N) is 2. The number of hydrogen-bond acceptors (Lipinski definition) is 6. The van der Waals surface area contributed by atoms with E-state index in [0.29, 0.717) is 49.2 Å². The summed E-state index contributed by atoms with van der Waals surface area (Å²) in [4.78, 5) is 14.1. The number of hydrogen-bond donors (Lipinski definition) is 3.